The van der Waals surface area contributed by atoms with Crippen molar-refractivity contribution < 1.29 is 4.74 Å². The fourth-order valence-electron chi connectivity index (χ4n) is 4.30. The number of hydrogen-bond acceptors (Lipinski definition) is 7. The van der Waals surface area contributed by atoms with Gasteiger partial charge in [0.1, 0.15) is 25.1 Å². The standard InChI is InChI=1S/C21H27N7O/c1-2-4-18(3-1)29-21-19-13-17(5-6-20(19)23-15-24-21)27-10-7-26(8-11-27)9-12-28-16-22-14-25-28/h5-6,13-16,18H,1-4,7-12H2. The molecule has 29 heavy (non-hydrogen) atoms. The Hall–Kier alpha value is -2.74. The molecule has 0 atom stereocenters. The van der Waals surface area contributed by atoms with Crippen LogP contribution >= 0.6 is 0 Å². The summed E-state index contributed by atoms with van der Waals surface area (Å²) in [5, 5.41) is 5.20. The highest BCUT2D eigenvalue weighted by molar-refractivity contribution is 5.86. The van der Waals surface area contributed by atoms with E-state index in [2.05, 4.69) is 48.0 Å². The Morgan fingerprint density at radius 3 is 2.62 bits per heavy atom. The van der Waals surface area contributed by atoms with Gasteiger partial charge in [-0.1, -0.05) is 0 Å². The van der Waals surface area contributed by atoms with Crippen molar-refractivity contribution in [1.82, 2.24) is 29.6 Å². The lowest BCUT2D eigenvalue weighted by atomic mass is 10.2. The fraction of sp³-hybridized carbons (Fsp3) is 0.524. The van der Waals surface area contributed by atoms with E-state index < -0.39 is 0 Å². The normalized spacial score (nSPS) is 18.6. The Morgan fingerprint density at radius 1 is 0.966 bits per heavy atom. The molecule has 2 aromatic heterocycles. The van der Waals surface area contributed by atoms with Gasteiger partial charge >= 0.3 is 0 Å². The first-order valence-electron chi connectivity index (χ1n) is 10.6. The monoisotopic (exact) mass is 393 g/mol. The molecule has 2 aliphatic rings. The van der Waals surface area contributed by atoms with E-state index in [1.807, 2.05) is 4.68 Å². The van der Waals surface area contributed by atoms with Crippen LogP contribution in [0, 0.1) is 0 Å². The summed E-state index contributed by atoms with van der Waals surface area (Å²) in [4.78, 5) is 17.8. The lowest BCUT2D eigenvalue weighted by molar-refractivity contribution is 0.204. The molecule has 2 fully saturated rings. The van der Waals surface area contributed by atoms with E-state index in [9.17, 15) is 0 Å². The van der Waals surface area contributed by atoms with Crippen molar-refractivity contribution in [2.45, 2.75) is 38.3 Å². The van der Waals surface area contributed by atoms with Crippen LogP contribution in [0.15, 0.2) is 37.2 Å². The number of hydrogen-bond donors (Lipinski definition) is 0. The van der Waals surface area contributed by atoms with E-state index in [4.69, 9.17) is 4.74 Å². The molecule has 0 radical (unpaired) electrons. The number of piperazine rings is 1. The zero-order valence-corrected chi connectivity index (χ0v) is 16.7. The molecular weight excluding hydrogens is 366 g/mol. The van der Waals surface area contributed by atoms with Crippen LogP contribution < -0.4 is 9.64 Å². The number of aromatic nitrogens is 5. The SMILES string of the molecule is c1nc(OC2CCCC2)c2cc(N3CCN(CCn4cncn4)CC3)ccc2n1. The molecule has 3 aromatic rings. The third-order valence-corrected chi connectivity index (χ3v) is 6.01. The molecule has 0 unspecified atom stereocenters. The predicted octanol–water partition coefficient (Wildman–Crippen LogP) is 2.36. The minimum atomic E-state index is 0.297. The molecule has 1 saturated carbocycles. The number of anilines is 1. The quantitative estimate of drug-likeness (QED) is 0.637. The van der Waals surface area contributed by atoms with Gasteiger partial charge in [0.05, 0.1) is 17.4 Å². The summed E-state index contributed by atoms with van der Waals surface area (Å²) in [6, 6.07) is 6.45. The molecule has 1 aromatic carbocycles. The third kappa shape index (κ3) is 4.17. The molecule has 152 valence electrons. The molecule has 1 saturated heterocycles. The van der Waals surface area contributed by atoms with Crippen LogP contribution in [0.3, 0.4) is 0 Å². The maximum atomic E-state index is 6.22. The molecule has 0 bridgehead atoms. The topological polar surface area (TPSA) is 72.2 Å². The molecule has 5 rings (SSSR count). The zero-order valence-electron chi connectivity index (χ0n) is 16.7. The van der Waals surface area contributed by atoms with Crippen LogP contribution in [0.25, 0.3) is 10.9 Å². The first-order chi connectivity index (χ1) is 14.3. The van der Waals surface area contributed by atoms with Gasteiger partial charge < -0.3 is 9.64 Å². The zero-order chi connectivity index (χ0) is 19.5. The lowest BCUT2D eigenvalue weighted by Gasteiger charge is -2.36. The van der Waals surface area contributed by atoms with Crippen molar-refractivity contribution in [2.75, 3.05) is 37.6 Å². The smallest absolute Gasteiger partial charge is 0.224 e. The van der Waals surface area contributed by atoms with Crippen LogP contribution in [0.1, 0.15) is 25.7 Å². The Bertz CT molecular complexity index is 931. The maximum Gasteiger partial charge on any atom is 0.224 e. The largest absolute Gasteiger partial charge is 0.474 e. The van der Waals surface area contributed by atoms with Crippen molar-refractivity contribution in [3.05, 3.63) is 37.2 Å². The lowest BCUT2D eigenvalue weighted by Crippen LogP contribution is -2.47. The molecule has 1 aliphatic carbocycles. The van der Waals surface area contributed by atoms with Gasteiger partial charge in [0, 0.05) is 38.4 Å². The molecule has 0 N–H and O–H groups in total. The van der Waals surface area contributed by atoms with E-state index in [0.29, 0.717) is 6.10 Å². The van der Waals surface area contributed by atoms with E-state index >= 15 is 0 Å². The van der Waals surface area contributed by atoms with Crippen LogP contribution in [0.2, 0.25) is 0 Å². The first kappa shape index (κ1) is 18.3. The molecular formula is C21H27N7O. The second-order valence-electron chi connectivity index (χ2n) is 7.89. The average molecular weight is 393 g/mol. The van der Waals surface area contributed by atoms with Crippen molar-refractivity contribution in [1.29, 1.82) is 0 Å². The summed E-state index contributed by atoms with van der Waals surface area (Å²) in [7, 11) is 0. The number of rotatable bonds is 6. The summed E-state index contributed by atoms with van der Waals surface area (Å²) in [6.07, 6.45) is 10.0. The van der Waals surface area contributed by atoms with Crippen molar-refractivity contribution in [2.24, 2.45) is 0 Å². The van der Waals surface area contributed by atoms with Gasteiger partial charge in [-0.15, -0.1) is 0 Å². The Balaban J connectivity index is 1.25. The second-order valence-corrected chi connectivity index (χ2v) is 7.89. The summed E-state index contributed by atoms with van der Waals surface area (Å²) in [6.45, 7) is 6.00. The highest BCUT2D eigenvalue weighted by atomic mass is 16.5. The summed E-state index contributed by atoms with van der Waals surface area (Å²) in [5.74, 6) is 0.732. The number of fused-ring (bicyclic) bond motifs is 1. The van der Waals surface area contributed by atoms with Crippen LogP contribution in [-0.4, -0.2) is 68.5 Å². The van der Waals surface area contributed by atoms with Gasteiger partial charge in [0.25, 0.3) is 0 Å². The van der Waals surface area contributed by atoms with E-state index in [1.54, 1.807) is 19.0 Å². The van der Waals surface area contributed by atoms with Gasteiger partial charge in [0.2, 0.25) is 5.88 Å². The predicted molar refractivity (Wildman–Crippen MR) is 111 cm³/mol. The van der Waals surface area contributed by atoms with Crippen molar-refractivity contribution in [3.8, 4) is 5.88 Å². The Labute approximate surface area is 170 Å². The Morgan fingerprint density at radius 2 is 1.83 bits per heavy atom. The van der Waals surface area contributed by atoms with Gasteiger partial charge in [-0.2, -0.15) is 5.10 Å². The minimum absolute atomic E-state index is 0.297. The number of benzene rings is 1. The number of nitrogens with zero attached hydrogens (tertiary/aromatic N) is 7. The van der Waals surface area contributed by atoms with Gasteiger partial charge in [-0.25, -0.2) is 15.0 Å². The Kier molecular flexibility index (Phi) is 5.25. The molecule has 1 aliphatic heterocycles. The maximum absolute atomic E-state index is 6.22. The molecule has 0 amide bonds. The van der Waals surface area contributed by atoms with Gasteiger partial charge in [-0.05, 0) is 43.9 Å². The first-order valence-corrected chi connectivity index (χ1v) is 10.6. The fourth-order valence-corrected chi connectivity index (χ4v) is 4.30. The van der Waals surface area contributed by atoms with Crippen LogP contribution in [-0.2, 0) is 6.54 Å². The summed E-state index contributed by atoms with van der Waals surface area (Å²) in [5.41, 5.74) is 2.17. The van der Waals surface area contributed by atoms with Gasteiger partial charge in [0.15, 0.2) is 0 Å². The molecule has 0 spiro atoms. The summed E-state index contributed by atoms with van der Waals surface area (Å²) >= 11 is 0. The van der Waals surface area contributed by atoms with Crippen molar-refractivity contribution in [3.63, 3.8) is 0 Å². The number of ether oxygens (including phenoxy) is 1. The average Bonchev–Trinajstić information content (AvgIpc) is 3.47. The minimum Gasteiger partial charge on any atom is -0.474 e. The van der Waals surface area contributed by atoms with Crippen LogP contribution in [0.4, 0.5) is 5.69 Å². The summed E-state index contributed by atoms with van der Waals surface area (Å²) < 4.78 is 8.11. The molecule has 8 nitrogen and oxygen atoms in total. The van der Waals surface area contributed by atoms with Crippen molar-refractivity contribution >= 4 is 16.6 Å². The van der Waals surface area contributed by atoms with E-state index in [1.165, 1.54) is 18.5 Å². The third-order valence-electron chi connectivity index (χ3n) is 6.01. The highest BCUT2D eigenvalue weighted by Gasteiger charge is 2.20. The van der Waals surface area contributed by atoms with Crippen LogP contribution in [0.5, 0.6) is 5.88 Å². The highest BCUT2D eigenvalue weighted by Crippen LogP contribution is 2.30. The molecule has 3 heterocycles. The van der Waals surface area contributed by atoms with E-state index in [0.717, 1.165) is 68.9 Å². The van der Waals surface area contributed by atoms with E-state index in [-0.39, 0.29) is 0 Å². The second kappa shape index (κ2) is 8.32. The van der Waals surface area contributed by atoms with Gasteiger partial charge in [-0.3, -0.25) is 9.58 Å². The molecule has 8 heteroatoms.